The maximum absolute atomic E-state index is 14.7. The average Bonchev–Trinajstić information content (AvgIpc) is 3.93. The van der Waals surface area contributed by atoms with E-state index in [-0.39, 0.29) is 128 Å². The Bertz CT molecular complexity index is 1960. The second-order valence-electron chi connectivity index (χ2n) is 22.0. The van der Waals surface area contributed by atoms with Crippen molar-refractivity contribution in [3.05, 3.63) is 35.9 Å². The Morgan fingerprint density at radius 1 is 0.822 bits per heavy atom. The molecule has 73 heavy (non-hydrogen) atoms. The molecule has 1 aromatic rings. The lowest BCUT2D eigenvalue weighted by atomic mass is 9.83. The lowest BCUT2D eigenvalue weighted by molar-refractivity contribution is -0.149. The van der Waals surface area contributed by atoms with Gasteiger partial charge in [-0.05, 0) is 74.9 Å². The van der Waals surface area contributed by atoms with Gasteiger partial charge < -0.3 is 29.7 Å². The Kier molecular flexibility index (Phi) is 26.6. The molecule has 5 amide bonds. The molecule has 1 aromatic carbocycles. The highest BCUT2D eigenvalue weighted by Crippen LogP contribution is 2.33. The topological polar surface area (TPSA) is 200 Å². The monoisotopic (exact) mass is 1020 g/mol. The molecule has 0 bridgehead atoms. The van der Waals surface area contributed by atoms with Gasteiger partial charge in [-0.25, -0.2) is 0 Å². The number of imide groups is 1. The summed E-state index contributed by atoms with van der Waals surface area (Å²) in [5, 5.41) is 13.7. The van der Waals surface area contributed by atoms with Gasteiger partial charge in [-0.1, -0.05) is 105 Å². The Balaban J connectivity index is 1.58. The molecular formula is C57H93N5O11. The van der Waals surface area contributed by atoms with Gasteiger partial charge in [0.05, 0.1) is 49.4 Å². The molecule has 0 saturated carbocycles. The van der Waals surface area contributed by atoms with Crippen molar-refractivity contribution < 1.29 is 52.9 Å². The Labute approximate surface area is 437 Å². The summed E-state index contributed by atoms with van der Waals surface area (Å²) in [6.07, 6.45) is 3.40. The van der Waals surface area contributed by atoms with Crippen LogP contribution < -0.4 is 5.32 Å². The van der Waals surface area contributed by atoms with Crippen LogP contribution in [0.15, 0.2) is 30.3 Å². The first kappa shape index (κ1) is 62.9. The lowest BCUT2D eigenvalue weighted by Crippen LogP contribution is -2.54. The number of methoxy groups -OCH3 is 2. The van der Waals surface area contributed by atoms with Crippen LogP contribution in [0.5, 0.6) is 0 Å². The number of hydrogen-bond donors (Lipinski definition) is 2. The molecule has 16 nitrogen and oxygen atoms in total. The quantitative estimate of drug-likeness (QED) is 0.0539. The summed E-state index contributed by atoms with van der Waals surface area (Å²) < 4.78 is 12.1. The van der Waals surface area contributed by atoms with Crippen LogP contribution in [0.2, 0.25) is 0 Å². The third kappa shape index (κ3) is 18.2. The molecule has 0 aromatic heterocycles. The molecule has 2 aliphatic heterocycles. The molecular weight excluding hydrogens is 931 g/mol. The van der Waals surface area contributed by atoms with Gasteiger partial charge in [0, 0.05) is 84.2 Å². The number of ketones is 3. The Morgan fingerprint density at radius 3 is 2.07 bits per heavy atom. The number of ether oxygens (including phenoxy) is 2. The SMILES string of the molecule is CC[C@H](C)[C@@H]([C@@H](CC(=O)N1CCC[C@H]1[C@H](OC)[C@@H](C)C(=O)C[C@H](C)[C@@H](O)c1ccccc1)OC)N(C)C(=O)[C@@H](CC(=O)[C@H](C(C)C)N(C)CCCC(=O)CNC(=O)CCCCCN1C(=O)CC(C)C1=O)C(C)C. The summed E-state index contributed by atoms with van der Waals surface area (Å²) in [5.74, 6) is -3.13. The molecule has 11 atom stereocenters. The van der Waals surface area contributed by atoms with Crippen molar-refractivity contribution in [2.24, 2.45) is 41.4 Å². The molecule has 2 fully saturated rings. The van der Waals surface area contributed by atoms with Crippen LogP contribution in [0.25, 0.3) is 0 Å². The maximum Gasteiger partial charge on any atom is 0.232 e. The summed E-state index contributed by atoms with van der Waals surface area (Å²) in [4.78, 5) is 113. The van der Waals surface area contributed by atoms with E-state index in [1.54, 1.807) is 33.1 Å². The highest BCUT2D eigenvalue weighted by molar-refractivity contribution is 6.03. The van der Waals surface area contributed by atoms with E-state index in [4.69, 9.17) is 9.47 Å². The zero-order chi connectivity index (χ0) is 54.7. The van der Waals surface area contributed by atoms with Gasteiger partial charge in [-0.15, -0.1) is 0 Å². The summed E-state index contributed by atoms with van der Waals surface area (Å²) in [6.45, 7) is 18.6. The maximum atomic E-state index is 14.7. The molecule has 0 spiro atoms. The second-order valence-corrected chi connectivity index (χ2v) is 22.0. The summed E-state index contributed by atoms with van der Waals surface area (Å²) >= 11 is 0. The minimum Gasteiger partial charge on any atom is -0.388 e. The number of carbonyl (C=O) groups excluding carboxylic acids is 8. The first-order chi connectivity index (χ1) is 34.5. The summed E-state index contributed by atoms with van der Waals surface area (Å²) in [5.41, 5.74) is 0.755. The third-order valence-corrected chi connectivity index (χ3v) is 15.7. The number of nitrogens with zero attached hydrogens (tertiary/aromatic N) is 4. The van der Waals surface area contributed by atoms with E-state index >= 15 is 0 Å². The van der Waals surface area contributed by atoms with Crippen LogP contribution in [-0.2, 0) is 47.8 Å². The third-order valence-electron chi connectivity index (χ3n) is 15.7. The van der Waals surface area contributed by atoms with E-state index < -0.39 is 42.2 Å². The van der Waals surface area contributed by atoms with Crippen LogP contribution in [0, 0.1) is 41.4 Å². The molecule has 16 heteroatoms. The van der Waals surface area contributed by atoms with E-state index in [1.165, 1.54) is 4.90 Å². The van der Waals surface area contributed by atoms with Crippen molar-refractivity contribution in [1.29, 1.82) is 0 Å². The van der Waals surface area contributed by atoms with Gasteiger partial charge in [0.1, 0.15) is 5.78 Å². The number of Topliss-reactive ketones (excluding diaryl/α,β-unsaturated/α-hetero) is 3. The normalized spacial score (nSPS) is 19.9. The smallest absolute Gasteiger partial charge is 0.232 e. The number of hydrogen-bond acceptors (Lipinski definition) is 12. The number of unbranched alkanes of at least 4 members (excludes halogenated alkanes) is 2. The van der Waals surface area contributed by atoms with Crippen LogP contribution in [0.1, 0.15) is 157 Å². The van der Waals surface area contributed by atoms with Crippen molar-refractivity contribution in [3.63, 3.8) is 0 Å². The number of amides is 5. The van der Waals surface area contributed by atoms with Crippen molar-refractivity contribution in [3.8, 4) is 0 Å². The number of aliphatic hydroxyl groups excluding tert-OH is 1. The van der Waals surface area contributed by atoms with Crippen LogP contribution in [0.3, 0.4) is 0 Å². The summed E-state index contributed by atoms with van der Waals surface area (Å²) in [7, 11) is 6.74. The number of likely N-dealkylation sites (N-methyl/N-ethyl adjacent to an activating group) is 2. The number of nitrogens with one attached hydrogen (secondary N) is 1. The molecule has 2 N–H and O–H groups in total. The van der Waals surface area contributed by atoms with Gasteiger partial charge >= 0.3 is 0 Å². The highest BCUT2D eigenvalue weighted by atomic mass is 16.5. The predicted molar refractivity (Wildman–Crippen MR) is 282 cm³/mol. The van der Waals surface area contributed by atoms with Gasteiger partial charge in [-0.2, -0.15) is 0 Å². The summed E-state index contributed by atoms with van der Waals surface area (Å²) in [6, 6.07) is 7.97. The van der Waals surface area contributed by atoms with Crippen molar-refractivity contribution in [2.75, 3.05) is 54.5 Å². The van der Waals surface area contributed by atoms with Crippen molar-refractivity contribution in [2.45, 2.75) is 182 Å². The fourth-order valence-electron chi connectivity index (χ4n) is 11.1. The molecule has 2 heterocycles. The first-order valence-electron chi connectivity index (χ1n) is 27.2. The van der Waals surface area contributed by atoms with Gasteiger partial charge in [0.25, 0.3) is 0 Å². The van der Waals surface area contributed by atoms with Crippen LogP contribution >= 0.6 is 0 Å². The van der Waals surface area contributed by atoms with Gasteiger partial charge in [0.15, 0.2) is 11.6 Å². The van der Waals surface area contributed by atoms with E-state index in [0.717, 1.165) is 12.0 Å². The first-order valence-corrected chi connectivity index (χ1v) is 27.2. The minimum absolute atomic E-state index is 0.00725. The zero-order valence-electron chi connectivity index (χ0n) is 46.7. The van der Waals surface area contributed by atoms with E-state index in [9.17, 15) is 43.5 Å². The van der Waals surface area contributed by atoms with E-state index in [0.29, 0.717) is 58.2 Å². The van der Waals surface area contributed by atoms with Crippen LogP contribution in [-0.4, -0.2) is 156 Å². The molecule has 2 aliphatic rings. The number of likely N-dealkylation sites (tertiary alicyclic amines) is 2. The van der Waals surface area contributed by atoms with Crippen molar-refractivity contribution >= 4 is 46.9 Å². The minimum atomic E-state index is -0.794. The number of benzene rings is 1. The van der Waals surface area contributed by atoms with Crippen molar-refractivity contribution in [1.82, 2.24) is 24.9 Å². The number of rotatable bonds is 34. The van der Waals surface area contributed by atoms with Gasteiger partial charge in [0.2, 0.25) is 29.5 Å². The fraction of sp³-hybridized carbons (Fsp3) is 0.754. The Hall–Kier alpha value is -4.38. The standard InChI is InChI=1S/C57H93N5O11/c1-14-38(6)53(48(72-12)34-51(68)61-30-22-26-45(61)55(73-13)41(9)46(64)31-39(7)54(69)42-23-17-15-18-24-42)60(11)57(71)44(36(2)3)33-47(65)52(37(4)5)59(10)28-21-25-43(63)35-58-49(66)27-19-16-20-29-62-50(67)32-40(8)56(62)70/h15,17-18,23-24,36-41,44-45,48,52-55,69H,14,16,19-22,25-35H2,1-13H3,(H,58,66)/t38-,39-,40?,41-,44-,45-,48+,52-,53-,54+,55+/m0/s1. The molecule has 412 valence electrons. The predicted octanol–water partition coefficient (Wildman–Crippen LogP) is 6.84. The zero-order valence-corrected chi connectivity index (χ0v) is 46.7. The lowest BCUT2D eigenvalue weighted by Gasteiger charge is -2.41. The van der Waals surface area contributed by atoms with Gasteiger partial charge in [-0.3, -0.25) is 48.2 Å². The average molecular weight is 1020 g/mol. The largest absolute Gasteiger partial charge is 0.388 e. The van der Waals surface area contributed by atoms with E-state index in [1.807, 2.05) is 103 Å². The fourth-order valence-corrected chi connectivity index (χ4v) is 11.1. The molecule has 0 aliphatic carbocycles. The second kappa shape index (κ2) is 30.9. The molecule has 3 rings (SSSR count). The molecule has 0 radical (unpaired) electrons. The molecule has 2 saturated heterocycles. The van der Waals surface area contributed by atoms with Crippen LogP contribution in [0.4, 0.5) is 0 Å². The Morgan fingerprint density at radius 2 is 1.49 bits per heavy atom. The van der Waals surface area contributed by atoms with E-state index in [2.05, 4.69) is 5.32 Å². The molecule has 1 unspecified atom stereocenters. The number of aliphatic hydroxyl groups is 1. The highest BCUT2D eigenvalue weighted by Gasteiger charge is 2.44. The number of carbonyl (C=O) groups is 8.